The first kappa shape index (κ1) is 12.7. The Morgan fingerprint density at radius 2 is 2.05 bits per heavy atom. The van der Waals surface area contributed by atoms with Gasteiger partial charge in [0, 0.05) is 17.9 Å². The average molecular weight is 270 g/mol. The highest BCUT2D eigenvalue weighted by Crippen LogP contribution is 2.32. The summed E-state index contributed by atoms with van der Waals surface area (Å²) in [6.45, 7) is 2.05. The monoisotopic (exact) mass is 270 g/mol. The Hall–Kier alpha value is -2.30. The summed E-state index contributed by atoms with van der Waals surface area (Å²) in [7, 11) is 0. The Balaban J connectivity index is 1.72. The molecular weight excluding hydrogens is 252 g/mol. The zero-order valence-corrected chi connectivity index (χ0v) is 11.4. The first-order chi connectivity index (χ1) is 9.63. The van der Waals surface area contributed by atoms with E-state index < -0.39 is 0 Å². The van der Waals surface area contributed by atoms with E-state index in [0.29, 0.717) is 17.3 Å². The molecule has 3 N–H and O–H groups in total. The van der Waals surface area contributed by atoms with E-state index in [1.807, 2.05) is 31.2 Å². The SMILES string of the molecule is CC(NC(=O)c1ccn(-c2ccc(N)cc2)n1)C1CC1. The van der Waals surface area contributed by atoms with E-state index >= 15 is 0 Å². The quantitative estimate of drug-likeness (QED) is 0.834. The molecule has 0 saturated heterocycles. The molecule has 3 rings (SSSR count). The lowest BCUT2D eigenvalue weighted by molar-refractivity contribution is 0.0930. The number of hydrogen-bond donors (Lipinski definition) is 2. The van der Waals surface area contributed by atoms with Gasteiger partial charge in [0.1, 0.15) is 0 Å². The van der Waals surface area contributed by atoms with Crippen molar-refractivity contribution in [3.63, 3.8) is 0 Å². The number of nitrogen functional groups attached to an aromatic ring is 1. The van der Waals surface area contributed by atoms with Crippen LogP contribution in [0.15, 0.2) is 36.5 Å². The average Bonchev–Trinajstić information content (AvgIpc) is 3.17. The summed E-state index contributed by atoms with van der Waals surface area (Å²) in [6, 6.07) is 9.32. The number of benzene rings is 1. The molecule has 1 atom stereocenters. The van der Waals surface area contributed by atoms with Crippen LogP contribution < -0.4 is 11.1 Å². The van der Waals surface area contributed by atoms with Crippen LogP contribution in [0.4, 0.5) is 5.69 Å². The van der Waals surface area contributed by atoms with E-state index in [9.17, 15) is 4.79 Å². The fourth-order valence-electron chi connectivity index (χ4n) is 2.21. The Morgan fingerprint density at radius 3 is 2.70 bits per heavy atom. The minimum absolute atomic E-state index is 0.112. The maximum Gasteiger partial charge on any atom is 0.272 e. The number of carbonyl (C=O) groups excluding carboxylic acids is 1. The summed E-state index contributed by atoms with van der Waals surface area (Å²) in [5, 5.41) is 7.30. The normalized spacial score (nSPS) is 15.8. The van der Waals surface area contributed by atoms with E-state index in [1.54, 1.807) is 16.9 Å². The topological polar surface area (TPSA) is 72.9 Å². The standard InChI is InChI=1S/C15H18N4O/c1-10(11-2-3-11)17-15(20)14-8-9-19(18-14)13-6-4-12(16)5-7-13/h4-11H,2-3,16H2,1H3,(H,17,20). The third kappa shape index (κ3) is 2.66. The fourth-order valence-corrected chi connectivity index (χ4v) is 2.21. The van der Waals surface area contributed by atoms with Crippen LogP contribution >= 0.6 is 0 Å². The molecule has 1 aliphatic rings. The van der Waals surface area contributed by atoms with Gasteiger partial charge in [0.15, 0.2) is 5.69 Å². The molecule has 0 aliphatic heterocycles. The van der Waals surface area contributed by atoms with Gasteiger partial charge in [-0.15, -0.1) is 0 Å². The van der Waals surface area contributed by atoms with Crippen LogP contribution in [-0.4, -0.2) is 21.7 Å². The number of nitrogens with zero attached hydrogens (tertiary/aromatic N) is 2. The van der Waals surface area contributed by atoms with Crippen LogP contribution in [0.2, 0.25) is 0 Å². The second-order valence-electron chi connectivity index (χ2n) is 5.34. The van der Waals surface area contributed by atoms with Crippen molar-refractivity contribution in [3.05, 3.63) is 42.2 Å². The zero-order chi connectivity index (χ0) is 14.1. The van der Waals surface area contributed by atoms with Crippen molar-refractivity contribution in [2.75, 3.05) is 5.73 Å². The highest BCUT2D eigenvalue weighted by Gasteiger charge is 2.29. The highest BCUT2D eigenvalue weighted by molar-refractivity contribution is 5.92. The molecule has 1 fully saturated rings. The second kappa shape index (κ2) is 5.00. The Morgan fingerprint density at radius 1 is 1.35 bits per heavy atom. The lowest BCUT2D eigenvalue weighted by atomic mass is 10.2. The maximum absolute atomic E-state index is 12.1. The number of anilines is 1. The van der Waals surface area contributed by atoms with E-state index in [0.717, 1.165) is 5.69 Å². The highest BCUT2D eigenvalue weighted by atomic mass is 16.2. The Labute approximate surface area is 117 Å². The van der Waals surface area contributed by atoms with Crippen LogP contribution in [0.5, 0.6) is 0 Å². The largest absolute Gasteiger partial charge is 0.399 e. The van der Waals surface area contributed by atoms with Gasteiger partial charge in [-0.3, -0.25) is 4.79 Å². The first-order valence-electron chi connectivity index (χ1n) is 6.86. The van der Waals surface area contributed by atoms with Crippen molar-refractivity contribution >= 4 is 11.6 Å². The van der Waals surface area contributed by atoms with Crippen LogP contribution in [0.1, 0.15) is 30.3 Å². The van der Waals surface area contributed by atoms with Crippen molar-refractivity contribution in [2.45, 2.75) is 25.8 Å². The molecule has 1 aromatic heterocycles. The van der Waals surface area contributed by atoms with E-state index in [4.69, 9.17) is 5.73 Å². The van der Waals surface area contributed by atoms with E-state index in [1.165, 1.54) is 12.8 Å². The molecule has 0 spiro atoms. The summed E-state index contributed by atoms with van der Waals surface area (Å²) >= 11 is 0. The molecular formula is C15H18N4O. The van der Waals surface area contributed by atoms with Gasteiger partial charge in [0.2, 0.25) is 0 Å². The predicted molar refractivity (Wildman–Crippen MR) is 77.6 cm³/mol. The Bertz CT molecular complexity index is 613. The number of aromatic nitrogens is 2. The number of nitrogens with two attached hydrogens (primary N) is 1. The number of hydrogen-bond acceptors (Lipinski definition) is 3. The van der Waals surface area contributed by atoms with Gasteiger partial charge in [-0.1, -0.05) is 0 Å². The third-order valence-electron chi connectivity index (χ3n) is 3.67. The third-order valence-corrected chi connectivity index (χ3v) is 3.67. The van der Waals surface area contributed by atoms with Crippen molar-refractivity contribution < 1.29 is 4.79 Å². The minimum Gasteiger partial charge on any atom is -0.399 e. The van der Waals surface area contributed by atoms with Crippen molar-refractivity contribution in [2.24, 2.45) is 5.92 Å². The number of rotatable bonds is 4. The molecule has 20 heavy (non-hydrogen) atoms. The number of carbonyl (C=O) groups is 1. The van der Waals surface area contributed by atoms with E-state index in [-0.39, 0.29) is 11.9 Å². The first-order valence-corrected chi connectivity index (χ1v) is 6.86. The smallest absolute Gasteiger partial charge is 0.272 e. The zero-order valence-electron chi connectivity index (χ0n) is 11.4. The van der Waals surface area contributed by atoms with Gasteiger partial charge in [-0.05, 0) is 56.0 Å². The van der Waals surface area contributed by atoms with Crippen LogP contribution in [0.25, 0.3) is 5.69 Å². The molecule has 1 saturated carbocycles. The van der Waals surface area contributed by atoms with Gasteiger partial charge in [-0.2, -0.15) is 5.10 Å². The van der Waals surface area contributed by atoms with Gasteiger partial charge in [-0.25, -0.2) is 4.68 Å². The predicted octanol–water partition coefficient (Wildman–Crippen LogP) is 1.98. The lowest BCUT2D eigenvalue weighted by Gasteiger charge is -2.11. The summed E-state index contributed by atoms with van der Waals surface area (Å²) in [6.07, 6.45) is 4.20. The van der Waals surface area contributed by atoms with Crippen molar-refractivity contribution in [3.8, 4) is 5.69 Å². The molecule has 1 unspecified atom stereocenters. The van der Waals surface area contributed by atoms with Gasteiger partial charge in [0.25, 0.3) is 5.91 Å². The molecule has 0 radical (unpaired) electrons. The number of nitrogens with one attached hydrogen (secondary N) is 1. The molecule has 1 aromatic carbocycles. The molecule has 0 bridgehead atoms. The Kier molecular flexibility index (Phi) is 3.18. The van der Waals surface area contributed by atoms with Crippen molar-refractivity contribution in [1.29, 1.82) is 0 Å². The van der Waals surface area contributed by atoms with Crippen LogP contribution in [-0.2, 0) is 0 Å². The molecule has 1 amide bonds. The lowest BCUT2D eigenvalue weighted by Crippen LogP contribution is -2.34. The minimum atomic E-state index is -0.112. The number of amides is 1. The summed E-state index contributed by atoms with van der Waals surface area (Å²) in [5.74, 6) is 0.525. The van der Waals surface area contributed by atoms with Gasteiger partial charge >= 0.3 is 0 Å². The second-order valence-corrected chi connectivity index (χ2v) is 5.34. The summed E-state index contributed by atoms with van der Waals surface area (Å²) in [5.41, 5.74) is 7.68. The van der Waals surface area contributed by atoms with E-state index in [2.05, 4.69) is 10.4 Å². The van der Waals surface area contributed by atoms with Crippen LogP contribution in [0, 0.1) is 5.92 Å². The summed E-state index contributed by atoms with van der Waals surface area (Å²) < 4.78 is 1.68. The fraction of sp³-hybridized carbons (Fsp3) is 0.333. The van der Waals surface area contributed by atoms with Crippen LogP contribution in [0.3, 0.4) is 0 Å². The van der Waals surface area contributed by atoms with Gasteiger partial charge in [0.05, 0.1) is 5.69 Å². The molecule has 5 nitrogen and oxygen atoms in total. The summed E-state index contributed by atoms with van der Waals surface area (Å²) in [4.78, 5) is 12.1. The molecule has 104 valence electrons. The molecule has 1 heterocycles. The maximum atomic E-state index is 12.1. The van der Waals surface area contributed by atoms with Crippen molar-refractivity contribution in [1.82, 2.24) is 15.1 Å². The molecule has 5 heteroatoms. The molecule has 2 aromatic rings. The molecule has 1 aliphatic carbocycles. The van der Waals surface area contributed by atoms with Gasteiger partial charge < -0.3 is 11.1 Å².